The smallest absolute Gasteiger partial charge is 0.248 e. The highest BCUT2D eigenvalue weighted by atomic mass is 35.5. The van der Waals surface area contributed by atoms with Crippen molar-refractivity contribution in [2.75, 3.05) is 5.75 Å². The lowest BCUT2D eigenvalue weighted by molar-refractivity contribution is -0.118. The standard InChI is InChI=1S/C19H19ClN2O3S2/c1-22-18-15(20)9-5-10-16(18)26-19(22)21-17(23)11-6-12-27(24,25)13-14-7-3-2-4-8-14/h2-5,7-10H,6,11-13H2,1H3. The first-order valence-electron chi connectivity index (χ1n) is 8.42. The third kappa shape index (κ3) is 5.06. The number of para-hydroxylation sites is 1. The lowest BCUT2D eigenvalue weighted by atomic mass is 10.2. The summed E-state index contributed by atoms with van der Waals surface area (Å²) < 4.78 is 27.1. The average Bonchev–Trinajstić information content (AvgIpc) is 2.92. The third-order valence-electron chi connectivity index (χ3n) is 4.07. The van der Waals surface area contributed by atoms with Crippen molar-refractivity contribution in [2.45, 2.75) is 18.6 Å². The summed E-state index contributed by atoms with van der Waals surface area (Å²) in [7, 11) is -1.44. The Hall–Kier alpha value is -1.96. The molecule has 0 aliphatic heterocycles. The zero-order valence-corrected chi connectivity index (χ0v) is 17.1. The molecule has 142 valence electrons. The highest BCUT2D eigenvalue weighted by Crippen LogP contribution is 2.24. The number of nitrogens with zero attached hydrogens (tertiary/aromatic N) is 2. The first kappa shape index (κ1) is 19.8. The highest BCUT2D eigenvalue weighted by molar-refractivity contribution is 7.90. The van der Waals surface area contributed by atoms with E-state index in [4.69, 9.17) is 11.6 Å². The molecule has 0 spiro atoms. The zero-order chi connectivity index (χ0) is 19.4. The fourth-order valence-electron chi connectivity index (χ4n) is 2.77. The van der Waals surface area contributed by atoms with E-state index in [1.165, 1.54) is 11.3 Å². The van der Waals surface area contributed by atoms with E-state index in [9.17, 15) is 13.2 Å². The molecule has 3 rings (SSSR count). The van der Waals surface area contributed by atoms with Crippen molar-refractivity contribution in [3.63, 3.8) is 0 Å². The minimum absolute atomic E-state index is 0.0110. The predicted molar refractivity (Wildman–Crippen MR) is 110 cm³/mol. The highest BCUT2D eigenvalue weighted by Gasteiger charge is 2.13. The van der Waals surface area contributed by atoms with Gasteiger partial charge in [0.1, 0.15) is 0 Å². The Morgan fingerprint density at radius 3 is 2.59 bits per heavy atom. The number of rotatable bonds is 6. The molecule has 0 saturated carbocycles. The van der Waals surface area contributed by atoms with Crippen molar-refractivity contribution in [3.05, 3.63) is 63.9 Å². The van der Waals surface area contributed by atoms with Crippen LogP contribution in [-0.4, -0.2) is 24.6 Å². The van der Waals surface area contributed by atoms with Crippen LogP contribution in [0.1, 0.15) is 18.4 Å². The van der Waals surface area contributed by atoms with E-state index in [0.717, 1.165) is 15.8 Å². The fraction of sp³-hybridized carbons (Fsp3) is 0.263. The van der Waals surface area contributed by atoms with Gasteiger partial charge in [0, 0.05) is 13.5 Å². The summed E-state index contributed by atoms with van der Waals surface area (Å²) in [6, 6.07) is 14.6. The van der Waals surface area contributed by atoms with Gasteiger partial charge in [0.05, 0.1) is 26.7 Å². The number of hydrogen-bond donors (Lipinski definition) is 0. The van der Waals surface area contributed by atoms with E-state index in [1.807, 2.05) is 30.3 Å². The van der Waals surface area contributed by atoms with Gasteiger partial charge in [-0.15, -0.1) is 0 Å². The molecule has 5 nitrogen and oxygen atoms in total. The molecular formula is C19H19ClN2O3S2. The average molecular weight is 423 g/mol. The molecule has 27 heavy (non-hydrogen) atoms. The van der Waals surface area contributed by atoms with E-state index in [0.29, 0.717) is 9.82 Å². The van der Waals surface area contributed by atoms with E-state index in [2.05, 4.69) is 4.99 Å². The molecule has 0 aliphatic rings. The van der Waals surface area contributed by atoms with Crippen molar-refractivity contribution >= 4 is 48.9 Å². The van der Waals surface area contributed by atoms with E-state index in [1.54, 1.807) is 29.8 Å². The number of aryl methyl sites for hydroxylation is 1. The summed E-state index contributed by atoms with van der Waals surface area (Å²) in [4.78, 5) is 16.9. The van der Waals surface area contributed by atoms with Crippen molar-refractivity contribution in [2.24, 2.45) is 12.0 Å². The molecular weight excluding hydrogens is 404 g/mol. The molecule has 0 unspecified atom stereocenters. The van der Waals surface area contributed by atoms with Crippen molar-refractivity contribution in [1.82, 2.24) is 4.57 Å². The number of fused-ring (bicyclic) bond motifs is 1. The molecule has 0 fully saturated rings. The lowest BCUT2D eigenvalue weighted by Crippen LogP contribution is -2.14. The Kier molecular flexibility index (Phi) is 6.14. The number of hydrogen-bond acceptors (Lipinski definition) is 4. The van der Waals surface area contributed by atoms with Crippen molar-refractivity contribution < 1.29 is 13.2 Å². The summed E-state index contributed by atoms with van der Waals surface area (Å²) in [6.45, 7) is 0. The largest absolute Gasteiger partial charge is 0.318 e. The first-order valence-corrected chi connectivity index (χ1v) is 11.4. The molecule has 2 aromatic carbocycles. The van der Waals surface area contributed by atoms with Crippen LogP contribution in [0.25, 0.3) is 10.2 Å². The van der Waals surface area contributed by atoms with Crippen molar-refractivity contribution in [1.29, 1.82) is 0 Å². The monoisotopic (exact) mass is 422 g/mol. The molecule has 8 heteroatoms. The minimum Gasteiger partial charge on any atom is -0.318 e. The molecule has 0 saturated heterocycles. The van der Waals surface area contributed by atoms with Crippen LogP contribution in [0.15, 0.2) is 53.5 Å². The third-order valence-corrected chi connectivity index (χ3v) is 7.15. The molecule has 3 aromatic rings. The Morgan fingerprint density at radius 1 is 1.15 bits per heavy atom. The molecule has 0 bridgehead atoms. The van der Waals surface area contributed by atoms with Crippen LogP contribution >= 0.6 is 22.9 Å². The summed E-state index contributed by atoms with van der Waals surface area (Å²) in [5, 5.41) is 0.604. The Morgan fingerprint density at radius 2 is 1.89 bits per heavy atom. The van der Waals surface area contributed by atoms with Gasteiger partial charge in [0.25, 0.3) is 0 Å². The summed E-state index contributed by atoms with van der Waals surface area (Å²) >= 11 is 7.58. The van der Waals surface area contributed by atoms with Crippen LogP contribution in [-0.2, 0) is 27.4 Å². The molecule has 1 heterocycles. The number of aromatic nitrogens is 1. The van der Waals surface area contributed by atoms with Gasteiger partial charge in [-0.3, -0.25) is 4.79 Å². The summed E-state index contributed by atoms with van der Waals surface area (Å²) in [5.41, 5.74) is 1.59. The van der Waals surface area contributed by atoms with Gasteiger partial charge in [-0.2, -0.15) is 4.99 Å². The van der Waals surface area contributed by atoms with Gasteiger partial charge >= 0.3 is 0 Å². The van der Waals surface area contributed by atoms with Crippen LogP contribution in [0.4, 0.5) is 0 Å². The second-order valence-electron chi connectivity index (χ2n) is 6.22. The summed E-state index contributed by atoms with van der Waals surface area (Å²) in [6.07, 6.45) is 0.350. The fourth-order valence-corrected chi connectivity index (χ4v) is 5.62. The Labute approximate surface area is 166 Å². The first-order chi connectivity index (χ1) is 12.9. The Bertz CT molecular complexity index is 1130. The second kappa shape index (κ2) is 8.37. The van der Waals surface area contributed by atoms with Gasteiger partial charge in [-0.25, -0.2) is 8.42 Å². The maximum Gasteiger partial charge on any atom is 0.248 e. The van der Waals surface area contributed by atoms with Crippen LogP contribution in [0.5, 0.6) is 0 Å². The van der Waals surface area contributed by atoms with E-state index in [-0.39, 0.29) is 30.3 Å². The number of benzene rings is 2. The number of halogens is 1. The topological polar surface area (TPSA) is 68.5 Å². The lowest BCUT2D eigenvalue weighted by Gasteiger charge is -2.03. The maximum atomic E-state index is 12.2. The minimum atomic E-state index is -3.25. The van der Waals surface area contributed by atoms with Crippen LogP contribution in [0.3, 0.4) is 0 Å². The number of amides is 1. The molecule has 0 N–H and O–H groups in total. The van der Waals surface area contributed by atoms with Crippen molar-refractivity contribution in [3.8, 4) is 0 Å². The van der Waals surface area contributed by atoms with E-state index < -0.39 is 9.84 Å². The van der Waals surface area contributed by atoms with Crippen LogP contribution < -0.4 is 4.80 Å². The zero-order valence-electron chi connectivity index (χ0n) is 14.8. The normalized spacial score (nSPS) is 12.6. The number of thiazole rings is 1. The molecule has 1 aromatic heterocycles. The van der Waals surface area contributed by atoms with Gasteiger partial charge in [-0.05, 0) is 24.1 Å². The molecule has 0 atom stereocenters. The second-order valence-corrected chi connectivity index (χ2v) is 9.82. The number of carbonyl (C=O) groups excluding carboxylic acids is 1. The SMILES string of the molecule is Cn1c(=NC(=O)CCCS(=O)(=O)Cc2ccccc2)sc2cccc(Cl)c21. The van der Waals surface area contributed by atoms with Gasteiger partial charge < -0.3 is 4.57 Å². The van der Waals surface area contributed by atoms with Gasteiger partial charge in [-0.1, -0.05) is 59.3 Å². The van der Waals surface area contributed by atoms with Crippen LogP contribution in [0.2, 0.25) is 5.02 Å². The van der Waals surface area contributed by atoms with Crippen LogP contribution in [0, 0.1) is 0 Å². The van der Waals surface area contributed by atoms with Gasteiger partial charge in [0.2, 0.25) is 5.91 Å². The predicted octanol–water partition coefficient (Wildman–Crippen LogP) is 3.72. The molecule has 0 radical (unpaired) electrons. The summed E-state index contributed by atoms with van der Waals surface area (Å²) in [5.74, 6) is -0.376. The molecule has 1 amide bonds. The van der Waals surface area contributed by atoms with Gasteiger partial charge in [0.15, 0.2) is 14.6 Å². The molecule has 0 aliphatic carbocycles. The Balaban J connectivity index is 1.64. The van der Waals surface area contributed by atoms with E-state index >= 15 is 0 Å². The number of carbonyl (C=O) groups is 1. The maximum absolute atomic E-state index is 12.2. The quantitative estimate of drug-likeness (QED) is 0.608. The number of sulfone groups is 1.